The summed E-state index contributed by atoms with van der Waals surface area (Å²) < 4.78 is 0.876. The first-order valence-electron chi connectivity index (χ1n) is 4.88. The van der Waals surface area contributed by atoms with Gasteiger partial charge in [-0.2, -0.15) is 0 Å². The van der Waals surface area contributed by atoms with Gasteiger partial charge in [0.05, 0.1) is 16.1 Å². The third kappa shape index (κ3) is 3.45. The summed E-state index contributed by atoms with van der Waals surface area (Å²) in [5, 5.41) is 10.4. The molecule has 0 radical (unpaired) electrons. The lowest BCUT2D eigenvalue weighted by Crippen LogP contribution is -1.84. The van der Waals surface area contributed by atoms with E-state index in [-0.39, 0.29) is 6.61 Å². The van der Waals surface area contributed by atoms with E-state index in [9.17, 15) is 0 Å². The number of aliphatic hydroxyl groups is 1. The minimum atomic E-state index is 0.0633. The molecule has 1 heterocycles. The Kier molecular flexibility index (Phi) is 4.45. The van der Waals surface area contributed by atoms with E-state index in [0.717, 1.165) is 20.0 Å². The molecule has 0 spiro atoms. The van der Waals surface area contributed by atoms with Crippen molar-refractivity contribution in [2.24, 2.45) is 0 Å². The first kappa shape index (κ1) is 12.9. The molecule has 1 aromatic carbocycles. The summed E-state index contributed by atoms with van der Waals surface area (Å²) >= 11 is 10.8. The Bertz CT molecular complexity index is 518. The van der Waals surface area contributed by atoms with Crippen LogP contribution in [0.5, 0.6) is 0 Å². The second-order valence-corrected chi connectivity index (χ2v) is 5.70. The van der Waals surface area contributed by atoms with Crippen LogP contribution in [0.1, 0.15) is 5.56 Å². The van der Waals surface area contributed by atoms with Crippen LogP contribution < -0.4 is 0 Å². The lowest BCUT2D eigenvalue weighted by molar-refractivity contribution is 0.282. The Hall–Kier alpha value is -0.550. The average molecular weight is 331 g/mol. The number of pyridine rings is 1. The van der Waals surface area contributed by atoms with Crippen LogP contribution in [0.4, 0.5) is 0 Å². The Balaban J connectivity index is 2.19. The molecule has 0 aliphatic rings. The molecule has 0 aliphatic carbocycles. The van der Waals surface area contributed by atoms with Gasteiger partial charge >= 0.3 is 0 Å². The molecule has 2 aromatic rings. The van der Waals surface area contributed by atoms with Crippen molar-refractivity contribution in [3.05, 3.63) is 51.6 Å². The highest BCUT2D eigenvalue weighted by Gasteiger charge is 2.04. The highest BCUT2D eigenvalue weighted by molar-refractivity contribution is 9.10. The predicted molar refractivity (Wildman–Crippen MR) is 73.4 cm³/mol. The van der Waals surface area contributed by atoms with Gasteiger partial charge in [-0.15, -0.1) is 0 Å². The molecular formula is C12H9BrClNOS. The van der Waals surface area contributed by atoms with E-state index in [2.05, 4.69) is 20.9 Å². The molecule has 0 bridgehead atoms. The van der Waals surface area contributed by atoms with Crippen molar-refractivity contribution in [1.29, 1.82) is 0 Å². The quantitative estimate of drug-likeness (QED) is 0.918. The number of benzene rings is 1. The van der Waals surface area contributed by atoms with Gasteiger partial charge in [0.1, 0.15) is 5.03 Å². The summed E-state index contributed by atoms with van der Waals surface area (Å²) in [6, 6.07) is 9.52. The maximum Gasteiger partial charge on any atom is 0.115 e. The van der Waals surface area contributed by atoms with Crippen LogP contribution in [0.15, 0.2) is 50.9 Å². The van der Waals surface area contributed by atoms with E-state index < -0.39 is 0 Å². The second-order valence-electron chi connectivity index (χ2n) is 3.34. The normalized spacial score (nSPS) is 10.5. The number of nitrogens with zero attached hydrogens (tertiary/aromatic N) is 1. The Labute approximate surface area is 117 Å². The predicted octanol–water partition coefficient (Wildman–Crippen LogP) is 4.14. The Morgan fingerprint density at radius 1 is 1.29 bits per heavy atom. The van der Waals surface area contributed by atoms with Gasteiger partial charge < -0.3 is 5.11 Å². The standard InChI is InChI=1S/C12H9BrClNOS/c13-11-5-9(14)6-15-12(11)17-10-3-1-8(7-16)2-4-10/h1-6,16H,7H2. The molecule has 0 atom stereocenters. The van der Waals surface area contributed by atoms with E-state index in [0.29, 0.717) is 5.02 Å². The topological polar surface area (TPSA) is 33.1 Å². The highest BCUT2D eigenvalue weighted by Crippen LogP contribution is 2.32. The molecule has 0 saturated heterocycles. The molecule has 1 aromatic heterocycles. The van der Waals surface area contributed by atoms with E-state index in [1.165, 1.54) is 0 Å². The number of rotatable bonds is 3. The minimum absolute atomic E-state index is 0.0633. The molecule has 17 heavy (non-hydrogen) atoms. The van der Waals surface area contributed by atoms with Crippen LogP contribution in [0.2, 0.25) is 5.02 Å². The molecule has 0 unspecified atom stereocenters. The van der Waals surface area contributed by atoms with Crippen molar-refractivity contribution in [3.8, 4) is 0 Å². The monoisotopic (exact) mass is 329 g/mol. The fraction of sp³-hybridized carbons (Fsp3) is 0.0833. The zero-order valence-corrected chi connectivity index (χ0v) is 11.9. The number of halogens is 2. The van der Waals surface area contributed by atoms with Crippen LogP contribution >= 0.6 is 39.3 Å². The van der Waals surface area contributed by atoms with Gasteiger partial charge in [0.15, 0.2) is 0 Å². The van der Waals surface area contributed by atoms with Crippen molar-refractivity contribution < 1.29 is 5.11 Å². The van der Waals surface area contributed by atoms with Gasteiger partial charge in [0.2, 0.25) is 0 Å². The van der Waals surface area contributed by atoms with E-state index >= 15 is 0 Å². The van der Waals surface area contributed by atoms with Crippen molar-refractivity contribution in [2.75, 3.05) is 0 Å². The van der Waals surface area contributed by atoms with E-state index in [1.54, 1.807) is 18.0 Å². The summed E-state index contributed by atoms with van der Waals surface area (Å²) in [5.41, 5.74) is 0.900. The maximum atomic E-state index is 8.95. The molecule has 0 fully saturated rings. The fourth-order valence-electron chi connectivity index (χ4n) is 1.25. The third-order valence-corrected chi connectivity index (χ3v) is 4.19. The van der Waals surface area contributed by atoms with E-state index in [1.807, 2.05) is 30.3 Å². The smallest absolute Gasteiger partial charge is 0.115 e. The van der Waals surface area contributed by atoms with Gasteiger partial charge in [-0.1, -0.05) is 35.5 Å². The summed E-state index contributed by atoms with van der Waals surface area (Å²) in [6.45, 7) is 0.0633. The van der Waals surface area contributed by atoms with Gasteiger partial charge in [-0.05, 0) is 39.7 Å². The Morgan fingerprint density at radius 2 is 2.00 bits per heavy atom. The highest BCUT2D eigenvalue weighted by atomic mass is 79.9. The summed E-state index contributed by atoms with van der Waals surface area (Å²) in [4.78, 5) is 5.32. The number of hydrogen-bond acceptors (Lipinski definition) is 3. The average Bonchev–Trinajstić information content (AvgIpc) is 2.34. The Morgan fingerprint density at radius 3 is 2.59 bits per heavy atom. The molecule has 0 saturated carbocycles. The number of aromatic nitrogens is 1. The first-order chi connectivity index (χ1) is 8.19. The second kappa shape index (κ2) is 5.87. The molecule has 2 rings (SSSR count). The zero-order chi connectivity index (χ0) is 12.3. The lowest BCUT2D eigenvalue weighted by Gasteiger charge is -2.04. The van der Waals surface area contributed by atoms with E-state index in [4.69, 9.17) is 16.7 Å². The van der Waals surface area contributed by atoms with Crippen LogP contribution in [0.3, 0.4) is 0 Å². The van der Waals surface area contributed by atoms with Crippen molar-refractivity contribution in [1.82, 2.24) is 4.98 Å². The molecule has 5 heteroatoms. The van der Waals surface area contributed by atoms with Gasteiger partial charge in [-0.25, -0.2) is 4.98 Å². The minimum Gasteiger partial charge on any atom is -0.392 e. The van der Waals surface area contributed by atoms with Gasteiger partial charge in [0.25, 0.3) is 0 Å². The molecule has 1 N–H and O–H groups in total. The van der Waals surface area contributed by atoms with Crippen molar-refractivity contribution >= 4 is 39.3 Å². The van der Waals surface area contributed by atoms with Crippen LogP contribution in [-0.4, -0.2) is 10.1 Å². The summed E-state index contributed by atoms with van der Waals surface area (Å²) in [7, 11) is 0. The van der Waals surface area contributed by atoms with Crippen molar-refractivity contribution in [3.63, 3.8) is 0 Å². The number of hydrogen-bond donors (Lipinski definition) is 1. The molecule has 0 aliphatic heterocycles. The first-order valence-corrected chi connectivity index (χ1v) is 6.86. The fourth-order valence-corrected chi connectivity index (χ4v) is 2.89. The molecule has 0 amide bonds. The molecule has 2 nitrogen and oxygen atoms in total. The zero-order valence-electron chi connectivity index (χ0n) is 8.73. The van der Waals surface area contributed by atoms with Crippen LogP contribution in [-0.2, 0) is 6.61 Å². The third-order valence-electron chi connectivity index (χ3n) is 2.09. The largest absolute Gasteiger partial charge is 0.392 e. The van der Waals surface area contributed by atoms with Crippen molar-refractivity contribution in [2.45, 2.75) is 16.5 Å². The maximum absolute atomic E-state index is 8.95. The molecule has 88 valence electrons. The van der Waals surface area contributed by atoms with Gasteiger partial charge in [-0.3, -0.25) is 0 Å². The summed E-state index contributed by atoms with van der Waals surface area (Å²) in [6.07, 6.45) is 1.62. The summed E-state index contributed by atoms with van der Waals surface area (Å²) in [5.74, 6) is 0. The SMILES string of the molecule is OCc1ccc(Sc2ncc(Cl)cc2Br)cc1. The molecular weight excluding hydrogens is 322 g/mol. The lowest BCUT2D eigenvalue weighted by atomic mass is 10.2. The van der Waals surface area contributed by atoms with Crippen LogP contribution in [0.25, 0.3) is 0 Å². The van der Waals surface area contributed by atoms with Crippen LogP contribution in [0, 0.1) is 0 Å². The number of aliphatic hydroxyl groups excluding tert-OH is 1. The van der Waals surface area contributed by atoms with Gasteiger partial charge in [0, 0.05) is 11.1 Å².